The van der Waals surface area contributed by atoms with Crippen molar-refractivity contribution in [2.45, 2.75) is 17.7 Å². The molecule has 6 nitrogen and oxygen atoms in total. The molecule has 18 heavy (non-hydrogen) atoms. The number of aliphatic hydroxyl groups is 1. The van der Waals surface area contributed by atoms with Gasteiger partial charge in [0.05, 0.1) is 0 Å². The maximum atomic E-state index is 12.2. The molecule has 2 N–H and O–H groups in total. The van der Waals surface area contributed by atoms with Gasteiger partial charge in [-0.1, -0.05) is 0 Å². The van der Waals surface area contributed by atoms with Crippen LogP contribution in [0.3, 0.4) is 0 Å². The summed E-state index contributed by atoms with van der Waals surface area (Å²) in [6.07, 6.45) is 3.87. The molecule has 1 aliphatic rings. The van der Waals surface area contributed by atoms with E-state index in [0.717, 1.165) is 0 Å². The zero-order chi connectivity index (χ0) is 13.2. The molecule has 0 unspecified atom stereocenters. The molecule has 2 rings (SSSR count). The number of aromatic amines is 1. The topological polar surface area (TPSA) is 90.5 Å². The first kappa shape index (κ1) is 13.3. The minimum absolute atomic E-state index is 0.0831. The monoisotopic (exact) mass is 272 g/mol. The highest BCUT2D eigenvalue weighted by molar-refractivity contribution is 7.89. The van der Waals surface area contributed by atoms with Gasteiger partial charge in [-0.25, -0.2) is 8.42 Å². The van der Waals surface area contributed by atoms with Crippen LogP contribution in [0.1, 0.15) is 12.8 Å². The number of aromatic nitrogens is 1. The van der Waals surface area contributed by atoms with Gasteiger partial charge in [0.1, 0.15) is 4.90 Å². The summed E-state index contributed by atoms with van der Waals surface area (Å²) in [4.78, 5) is 14.0. The Morgan fingerprint density at radius 2 is 2.06 bits per heavy atom. The van der Waals surface area contributed by atoms with Crippen molar-refractivity contribution in [2.24, 2.45) is 5.92 Å². The van der Waals surface area contributed by atoms with Crippen molar-refractivity contribution in [1.29, 1.82) is 0 Å². The summed E-state index contributed by atoms with van der Waals surface area (Å²) in [5, 5.41) is 9.02. The molecule has 0 bridgehead atoms. The van der Waals surface area contributed by atoms with Gasteiger partial charge in [0.2, 0.25) is 15.5 Å². The summed E-state index contributed by atoms with van der Waals surface area (Å²) in [5.74, 6) is 0.158. The summed E-state index contributed by atoms with van der Waals surface area (Å²) in [6.45, 7) is 0.781. The highest BCUT2D eigenvalue weighted by Gasteiger charge is 2.30. The van der Waals surface area contributed by atoms with Crippen molar-refractivity contribution in [3.05, 3.63) is 28.7 Å². The molecule has 0 saturated carbocycles. The number of hydrogen-bond acceptors (Lipinski definition) is 4. The van der Waals surface area contributed by atoms with Crippen molar-refractivity contribution in [1.82, 2.24) is 9.29 Å². The Hall–Kier alpha value is -1.18. The molecule has 0 aliphatic carbocycles. The first-order chi connectivity index (χ1) is 8.55. The molecule has 0 amide bonds. The normalized spacial score (nSPS) is 18.9. The van der Waals surface area contributed by atoms with Gasteiger partial charge < -0.3 is 10.1 Å². The Morgan fingerprint density at radius 3 is 2.61 bits per heavy atom. The number of pyridine rings is 1. The van der Waals surface area contributed by atoms with E-state index in [-0.39, 0.29) is 17.4 Å². The van der Waals surface area contributed by atoms with E-state index in [4.69, 9.17) is 5.11 Å². The number of piperidine rings is 1. The van der Waals surface area contributed by atoms with Crippen LogP contribution in [-0.4, -0.2) is 42.5 Å². The van der Waals surface area contributed by atoms with Gasteiger partial charge >= 0.3 is 0 Å². The highest BCUT2D eigenvalue weighted by Crippen LogP contribution is 2.21. The van der Waals surface area contributed by atoms with E-state index < -0.39 is 15.5 Å². The van der Waals surface area contributed by atoms with Crippen molar-refractivity contribution < 1.29 is 13.5 Å². The van der Waals surface area contributed by atoms with Crippen LogP contribution in [0.2, 0.25) is 0 Å². The number of nitrogens with zero attached hydrogens (tertiary/aromatic N) is 1. The maximum absolute atomic E-state index is 12.2. The quantitative estimate of drug-likeness (QED) is 0.795. The van der Waals surface area contributed by atoms with E-state index in [0.29, 0.717) is 25.9 Å². The first-order valence-electron chi connectivity index (χ1n) is 5.84. The summed E-state index contributed by atoms with van der Waals surface area (Å²) in [7, 11) is -3.72. The minimum Gasteiger partial charge on any atom is -0.396 e. The molecule has 2 heterocycles. The van der Waals surface area contributed by atoms with Crippen molar-refractivity contribution in [2.75, 3.05) is 19.7 Å². The number of H-pyrrole nitrogens is 1. The standard InChI is InChI=1S/C11H16N2O4S/c14-8-9-2-5-13(6-3-9)18(16,17)11-7-12-4-1-10(11)15/h1,4,7,9,14H,2-3,5-6,8H2,(H,12,15). The second-order valence-corrected chi connectivity index (χ2v) is 6.31. The zero-order valence-electron chi connectivity index (χ0n) is 9.87. The van der Waals surface area contributed by atoms with E-state index in [9.17, 15) is 13.2 Å². The molecule has 1 aliphatic heterocycles. The Morgan fingerprint density at radius 1 is 1.39 bits per heavy atom. The fourth-order valence-corrected chi connectivity index (χ4v) is 3.58. The van der Waals surface area contributed by atoms with Gasteiger partial charge in [-0.15, -0.1) is 0 Å². The Labute approximate surface area is 105 Å². The highest BCUT2D eigenvalue weighted by atomic mass is 32.2. The lowest BCUT2D eigenvalue weighted by atomic mass is 10.00. The fourth-order valence-electron chi connectivity index (χ4n) is 2.07. The lowest BCUT2D eigenvalue weighted by Gasteiger charge is -2.29. The van der Waals surface area contributed by atoms with Gasteiger partial charge in [0.25, 0.3) is 0 Å². The summed E-state index contributed by atoms with van der Waals surface area (Å²) >= 11 is 0. The molecule has 0 atom stereocenters. The van der Waals surface area contributed by atoms with E-state index in [2.05, 4.69) is 4.98 Å². The van der Waals surface area contributed by atoms with Gasteiger partial charge in [-0.05, 0) is 18.8 Å². The predicted octanol–water partition coefficient (Wildman–Crippen LogP) is -0.232. The molecule has 1 aromatic rings. The molecule has 1 fully saturated rings. The lowest BCUT2D eigenvalue weighted by Crippen LogP contribution is -2.40. The van der Waals surface area contributed by atoms with E-state index in [1.54, 1.807) is 0 Å². The third-order valence-electron chi connectivity index (χ3n) is 3.24. The second-order valence-electron chi connectivity index (χ2n) is 4.40. The van der Waals surface area contributed by atoms with Crippen LogP contribution in [0, 0.1) is 5.92 Å². The SMILES string of the molecule is O=c1cc[nH]cc1S(=O)(=O)N1CCC(CO)CC1. The van der Waals surface area contributed by atoms with Crippen LogP contribution < -0.4 is 5.43 Å². The second kappa shape index (κ2) is 5.21. The van der Waals surface area contributed by atoms with Crippen LogP contribution in [0.5, 0.6) is 0 Å². The van der Waals surface area contributed by atoms with E-state index in [1.807, 2.05) is 0 Å². The van der Waals surface area contributed by atoms with Crippen LogP contribution >= 0.6 is 0 Å². The maximum Gasteiger partial charge on any atom is 0.248 e. The summed E-state index contributed by atoms with van der Waals surface area (Å²) < 4.78 is 25.8. The van der Waals surface area contributed by atoms with Crippen LogP contribution in [0.4, 0.5) is 0 Å². The minimum atomic E-state index is -3.72. The number of aliphatic hydroxyl groups excluding tert-OH is 1. The summed E-state index contributed by atoms with van der Waals surface area (Å²) in [5.41, 5.74) is -0.502. The van der Waals surface area contributed by atoms with E-state index >= 15 is 0 Å². The molecule has 0 radical (unpaired) electrons. The van der Waals surface area contributed by atoms with Crippen molar-refractivity contribution in [3.8, 4) is 0 Å². The smallest absolute Gasteiger partial charge is 0.248 e. The predicted molar refractivity (Wildman–Crippen MR) is 65.6 cm³/mol. The first-order valence-corrected chi connectivity index (χ1v) is 7.28. The molecule has 0 spiro atoms. The van der Waals surface area contributed by atoms with Gasteiger partial charge in [0.15, 0.2) is 0 Å². The van der Waals surface area contributed by atoms with E-state index in [1.165, 1.54) is 22.8 Å². The van der Waals surface area contributed by atoms with Crippen LogP contribution in [-0.2, 0) is 10.0 Å². The number of rotatable bonds is 3. The van der Waals surface area contributed by atoms with Crippen LogP contribution in [0.25, 0.3) is 0 Å². The molecule has 7 heteroatoms. The fraction of sp³-hybridized carbons (Fsp3) is 0.545. The lowest BCUT2D eigenvalue weighted by molar-refractivity contribution is 0.170. The number of hydrogen-bond donors (Lipinski definition) is 2. The molecule has 1 aromatic heterocycles. The zero-order valence-corrected chi connectivity index (χ0v) is 10.7. The average Bonchev–Trinajstić information content (AvgIpc) is 2.39. The Kier molecular flexibility index (Phi) is 3.84. The molecule has 0 aromatic carbocycles. The molecule has 100 valence electrons. The third kappa shape index (κ3) is 2.47. The largest absolute Gasteiger partial charge is 0.396 e. The Bertz CT molecular complexity index is 558. The molecular weight excluding hydrogens is 256 g/mol. The van der Waals surface area contributed by atoms with Crippen molar-refractivity contribution in [3.63, 3.8) is 0 Å². The summed E-state index contributed by atoms with van der Waals surface area (Å²) in [6, 6.07) is 1.20. The Balaban J connectivity index is 2.23. The average molecular weight is 272 g/mol. The third-order valence-corrected chi connectivity index (χ3v) is 5.16. The van der Waals surface area contributed by atoms with Crippen molar-refractivity contribution >= 4 is 10.0 Å². The molecule has 1 saturated heterocycles. The molecular formula is C11H16N2O4S. The van der Waals surface area contributed by atoms with Gasteiger partial charge in [-0.2, -0.15) is 4.31 Å². The van der Waals surface area contributed by atoms with Gasteiger partial charge in [0, 0.05) is 38.2 Å². The van der Waals surface area contributed by atoms with Gasteiger partial charge in [-0.3, -0.25) is 4.79 Å². The number of nitrogens with one attached hydrogen (secondary N) is 1. The number of sulfonamides is 1. The van der Waals surface area contributed by atoms with Crippen LogP contribution in [0.15, 0.2) is 28.2 Å².